The number of carbonyl (C=O) groups excluding carboxylic acids is 2. The van der Waals surface area contributed by atoms with Crippen LogP contribution in [0.25, 0.3) is 0 Å². The highest BCUT2D eigenvalue weighted by atomic mass is 16.5. The number of methoxy groups -OCH3 is 2. The van der Waals surface area contributed by atoms with Crippen molar-refractivity contribution < 1.29 is 24.2 Å². The molecule has 0 spiro atoms. The number of aliphatic hydroxyl groups is 1. The molecule has 0 bridgehead atoms. The van der Waals surface area contributed by atoms with Gasteiger partial charge in [0.05, 0.1) is 25.9 Å². The molecule has 6 nitrogen and oxygen atoms in total. The van der Waals surface area contributed by atoms with Crippen LogP contribution in [0.1, 0.15) is 106 Å². The highest BCUT2D eigenvalue weighted by molar-refractivity contribution is 5.96. The van der Waals surface area contributed by atoms with Gasteiger partial charge in [-0.2, -0.15) is 0 Å². The average molecular weight is 484 g/mol. The maximum Gasteiger partial charge on any atom is 0.337 e. The topological polar surface area (TPSA) is 84.9 Å². The lowest BCUT2D eigenvalue weighted by atomic mass is 9.84. The van der Waals surface area contributed by atoms with Gasteiger partial charge < -0.3 is 19.9 Å². The zero-order valence-electron chi connectivity index (χ0n) is 22.2. The molecule has 0 aromatic heterocycles. The molecule has 0 aliphatic rings. The Bertz CT molecular complexity index is 1010. The van der Waals surface area contributed by atoms with Crippen molar-refractivity contribution in [1.29, 1.82) is 0 Å². The van der Waals surface area contributed by atoms with Gasteiger partial charge >= 0.3 is 5.97 Å². The Balaban J connectivity index is 2.37. The molecule has 2 N–H and O–H groups in total. The van der Waals surface area contributed by atoms with Crippen molar-refractivity contribution in [1.82, 2.24) is 0 Å². The van der Waals surface area contributed by atoms with E-state index in [2.05, 4.69) is 33.0 Å². The van der Waals surface area contributed by atoms with E-state index in [1.165, 1.54) is 7.11 Å². The summed E-state index contributed by atoms with van der Waals surface area (Å²) < 4.78 is 10.5. The minimum Gasteiger partial charge on any atom is -0.496 e. The van der Waals surface area contributed by atoms with Crippen molar-refractivity contribution in [3.63, 3.8) is 0 Å². The summed E-state index contributed by atoms with van der Waals surface area (Å²) in [6, 6.07) is 11.0. The summed E-state index contributed by atoms with van der Waals surface area (Å²) in [6.45, 7) is 10.1. The molecule has 2 atom stereocenters. The number of hydrogen-bond acceptors (Lipinski definition) is 5. The Morgan fingerprint density at radius 3 is 2.34 bits per heavy atom. The quantitative estimate of drug-likeness (QED) is 0.280. The fourth-order valence-corrected chi connectivity index (χ4v) is 4.30. The predicted molar refractivity (Wildman–Crippen MR) is 140 cm³/mol. The van der Waals surface area contributed by atoms with Gasteiger partial charge in [0.1, 0.15) is 5.75 Å². The third kappa shape index (κ3) is 7.82. The monoisotopic (exact) mass is 483 g/mol. The first kappa shape index (κ1) is 28.4. The third-order valence-corrected chi connectivity index (χ3v) is 6.29. The van der Waals surface area contributed by atoms with Gasteiger partial charge in [0.2, 0.25) is 5.91 Å². The van der Waals surface area contributed by atoms with E-state index >= 15 is 0 Å². The fourth-order valence-electron chi connectivity index (χ4n) is 4.30. The zero-order chi connectivity index (χ0) is 26.2. The summed E-state index contributed by atoms with van der Waals surface area (Å²) >= 11 is 0. The molecule has 35 heavy (non-hydrogen) atoms. The molecular weight excluding hydrogens is 442 g/mol. The molecule has 0 radical (unpaired) electrons. The predicted octanol–water partition coefficient (Wildman–Crippen LogP) is 6.53. The van der Waals surface area contributed by atoms with Gasteiger partial charge in [0.25, 0.3) is 0 Å². The van der Waals surface area contributed by atoms with E-state index in [0.29, 0.717) is 17.0 Å². The lowest BCUT2D eigenvalue weighted by Gasteiger charge is -2.25. The molecule has 0 fully saturated rings. The second-order valence-corrected chi connectivity index (χ2v) is 10.1. The number of benzene rings is 2. The molecule has 2 rings (SSSR count). The van der Waals surface area contributed by atoms with Crippen molar-refractivity contribution in [2.24, 2.45) is 0 Å². The lowest BCUT2D eigenvalue weighted by Crippen LogP contribution is -2.21. The summed E-state index contributed by atoms with van der Waals surface area (Å²) in [4.78, 5) is 25.4. The number of rotatable bonds is 11. The first-order chi connectivity index (χ1) is 16.5. The largest absolute Gasteiger partial charge is 0.496 e. The molecule has 2 aromatic carbocycles. The Kier molecular flexibility index (Phi) is 10.3. The number of anilines is 1. The smallest absolute Gasteiger partial charge is 0.337 e. The van der Waals surface area contributed by atoms with Crippen LogP contribution in [0.2, 0.25) is 0 Å². The molecule has 2 unspecified atom stereocenters. The van der Waals surface area contributed by atoms with Gasteiger partial charge in [-0.3, -0.25) is 4.79 Å². The summed E-state index contributed by atoms with van der Waals surface area (Å²) in [5, 5.41) is 13.0. The van der Waals surface area contributed by atoms with Crippen LogP contribution in [0.15, 0.2) is 36.4 Å². The molecule has 192 valence electrons. The van der Waals surface area contributed by atoms with E-state index in [1.807, 2.05) is 24.3 Å². The van der Waals surface area contributed by atoms with Crippen molar-refractivity contribution in [2.75, 3.05) is 19.5 Å². The van der Waals surface area contributed by atoms with Gasteiger partial charge in [-0.15, -0.1) is 0 Å². The van der Waals surface area contributed by atoms with Gasteiger partial charge in [0, 0.05) is 12.1 Å². The highest BCUT2D eigenvalue weighted by Crippen LogP contribution is 2.36. The maximum atomic E-state index is 13.3. The Morgan fingerprint density at radius 1 is 1.06 bits per heavy atom. The van der Waals surface area contributed by atoms with Crippen LogP contribution in [0.4, 0.5) is 5.69 Å². The number of carbonyl (C=O) groups is 2. The third-order valence-electron chi connectivity index (χ3n) is 6.29. The second kappa shape index (κ2) is 12.7. The minimum atomic E-state index is -0.599. The van der Waals surface area contributed by atoms with Crippen LogP contribution in [0.3, 0.4) is 0 Å². The van der Waals surface area contributed by atoms with Gasteiger partial charge in [0.15, 0.2) is 0 Å². The van der Waals surface area contributed by atoms with E-state index in [0.717, 1.165) is 42.4 Å². The summed E-state index contributed by atoms with van der Waals surface area (Å²) in [5.74, 6) is 0.0733. The number of amides is 1. The molecule has 2 aromatic rings. The van der Waals surface area contributed by atoms with Crippen LogP contribution in [0, 0.1) is 0 Å². The SMILES string of the molecule is CCCCCC(CC(=O)Nc1cc(C(=O)OC)ccc1C(C)(C)C)c1ccc(C(C)O)cc1OC. The molecule has 1 amide bonds. The average Bonchev–Trinajstić information content (AvgIpc) is 2.81. The van der Waals surface area contributed by atoms with E-state index in [1.54, 1.807) is 26.2 Å². The van der Waals surface area contributed by atoms with Gasteiger partial charge in [-0.25, -0.2) is 4.79 Å². The van der Waals surface area contributed by atoms with Gasteiger partial charge in [-0.05, 0) is 59.6 Å². The maximum absolute atomic E-state index is 13.3. The molecule has 0 saturated heterocycles. The summed E-state index contributed by atoms with van der Waals surface area (Å²) in [6.07, 6.45) is 3.70. The minimum absolute atomic E-state index is 0.0403. The number of unbranched alkanes of at least 4 members (excludes halogenated alkanes) is 2. The Morgan fingerprint density at radius 2 is 1.77 bits per heavy atom. The number of aliphatic hydroxyl groups excluding tert-OH is 1. The van der Waals surface area contributed by atoms with E-state index in [4.69, 9.17) is 9.47 Å². The van der Waals surface area contributed by atoms with Gasteiger partial charge in [-0.1, -0.05) is 65.2 Å². The van der Waals surface area contributed by atoms with Crippen molar-refractivity contribution in [3.05, 3.63) is 58.7 Å². The van der Waals surface area contributed by atoms with Crippen LogP contribution in [-0.4, -0.2) is 31.2 Å². The van der Waals surface area contributed by atoms with Crippen LogP contribution in [0.5, 0.6) is 5.75 Å². The van der Waals surface area contributed by atoms with Crippen molar-refractivity contribution in [2.45, 2.75) is 84.2 Å². The zero-order valence-corrected chi connectivity index (χ0v) is 22.2. The second-order valence-electron chi connectivity index (χ2n) is 10.1. The van der Waals surface area contributed by atoms with Crippen LogP contribution >= 0.6 is 0 Å². The van der Waals surface area contributed by atoms with Crippen molar-refractivity contribution in [3.8, 4) is 5.75 Å². The summed E-state index contributed by atoms with van der Waals surface area (Å²) in [5.41, 5.74) is 3.47. The molecule has 0 saturated carbocycles. The van der Waals surface area contributed by atoms with Crippen molar-refractivity contribution >= 4 is 17.6 Å². The Hall–Kier alpha value is -2.86. The molecule has 0 aliphatic carbocycles. The summed E-state index contributed by atoms with van der Waals surface area (Å²) in [7, 11) is 2.96. The number of ether oxygens (including phenoxy) is 2. The normalized spacial score (nSPS) is 13.1. The van der Waals surface area contributed by atoms with E-state index in [9.17, 15) is 14.7 Å². The van der Waals surface area contributed by atoms with E-state index < -0.39 is 12.1 Å². The first-order valence-electron chi connectivity index (χ1n) is 12.4. The standard InChI is InChI=1S/C29H41NO5/c1-8-9-10-11-21(23-14-12-20(19(2)31)17-26(23)34-6)18-27(32)30-25-16-22(28(33)35-7)13-15-24(25)29(3,4)5/h12-17,19,21,31H,8-11,18H2,1-7H3,(H,30,32). The number of nitrogens with one attached hydrogen (secondary N) is 1. The van der Waals surface area contributed by atoms with Crippen LogP contribution < -0.4 is 10.1 Å². The lowest BCUT2D eigenvalue weighted by molar-refractivity contribution is -0.116. The Labute approximate surface area is 210 Å². The molecule has 0 aliphatic heterocycles. The number of hydrogen-bond donors (Lipinski definition) is 2. The highest BCUT2D eigenvalue weighted by Gasteiger charge is 2.24. The number of esters is 1. The van der Waals surface area contributed by atoms with E-state index in [-0.39, 0.29) is 23.7 Å². The molecule has 6 heteroatoms. The first-order valence-corrected chi connectivity index (χ1v) is 12.4. The molecule has 0 heterocycles. The fraction of sp³-hybridized carbons (Fsp3) is 0.517. The molecular formula is C29H41NO5. The van der Waals surface area contributed by atoms with Crippen LogP contribution in [-0.2, 0) is 14.9 Å².